The van der Waals surface area contributed by atoms with Crippen molar-refractivity contribution in [2.24, 2.45) is 0 Å². The van der Waals surface area contributed by atoms with Crippen LogP contribution in [0.3, 0.4) is 0 Å². The molecular formula is C23H32O2S2. The van der Waals surface area contributed by atoms with Gasteiger partial charge in [0.1, 0.15) is 0 Å². The van der Waals surface area contributed by atoms with E-state index in [4.69, 9.17) is 4.74 Å². The van der Waals surface area contributed by atoms with Gasteiger partial charge in [-0.25, -0.2) is 4.79 Å². The van der Waals surface area contributed by atoms with Crippen molar-refractivity contribution >= 4 is 29.5 Å². The summed E-state index contributed by atoms with van der Waals surface area (Å²) >= 11 is 4.10. The molecule has 2 nitrogen and oxygen atoms in total. The molecule has 1 heterocycles. The van der Waals surface area contributed by atoms with E-state index in [0.717, 1.165) is 19.3 Å². The summed E-state index contributed by atoms with van der Waals surface area (Å²) in [6.07, 6.45) is 9.27. The Morgan fingerprint density at radius 3 is 2.37 bits per heavy atom. The minimum Gasteiger partial charge on any atom is -0.462 e. The van der Waals surface area contributed by atoms with Gasteiger partial charge in [0.05, 0.1) is 16.2 Å². The molecule has 0 N–H and O–H groups in total. The van der Waals surface area contributed by atoms with Gasteiger partial charge in [0.15, 0.2) is 0 Å². The molecule has 0 atom stereocenters. The summed E-state index contributed by atoms with van der Waals surface area (Å²) in [6.45, 7) is 8.80. The van der Waals surface area contributed by atoms with Crippen LogP contribution in [0.15, 0.2) is 47.6 Å². The fourth-order valence-electron chi connectivity index (χ4n) is 3.05. The van der Waals surface area contributed by atoms with Crippen LogP contribution in [0.1, 0.15) is 69.3 Å². The Kier molecular flexibility index (Phi) is 9.04. The van der Waals surface area contributed by atoms with E-state index in [1.807, 2.05) is 42.6 Å². The highest BCUT2D eigenvalue weighted by atomic mass is 32.2. The molecule has 148 valence electrons. The number of carbonyl (C=O) groups is 1. The molecule has 1 aliphatic rings. The minimum atomic E-state index is -0.239. The number of thioether (sulfide) groups is 2. The van der Waals surface area contributed by atoms with E-state index in [1.54, 1.807) is 0 Å². The number of allylic oxidation sites excluding steroid dienone is 4. The summed E-state index contributed by atoms with van der Waals surface area (Å²) in [5.41, 5.74) is 4.79. The zero-order valence-electron chi connectivity index (χ0n) is 17.0. The first-order chi connectivity index (χ1) is 13.0. The molecule has 0 aliphatic carbocycles. The lowest BCUT2D eigenvalue weighted by atomic mass is 10.0. The maximum absolute atomic E-state index is 11.9. The van der Waals surface area contributed by atoms with Crippen LogP contribution in [0.5, 0.6) is 0 Å². The Morgan fingerprint density at radius 1 is 1.11 bits per heavy atom. The van der Waals surface area contributed by atoms with Gasteiger partial charge in [0.2, 0.25) is 0 Å². The highest BCUT2D eigenvalue weighted by Crippen LogP contribution is 2.53. The SMILES string of the molecule is CCOC(=O)c1ccc(C2(C/C=C(\C)CCC=C(C)C)SCCCS2)cc1. The summed E-state index contributed by atoms with van der Waals surface area (Å²) in [6, 6.07) is 8.06. The van der Waals surface area contributed by atoms with E-state index >= 15 is 0 Å². The van der Waals surface area contributed by atoms with Crippen molar-refractivity contribution < 1.29 is 9.53 Å². The lowest BCUT2D eigenvalue weighted by Crippen LogP contribution is -2.22. The third kappa shape index (κ3) is 6.76. The summed E-state index contributed by atoms with van der Waals surface area (Å²) < 4.78 is 5.17. The fraction of sp³-hybridized carbons (Fsp3) is 0.522. The van der Waals surface area contributed by atoms with Crippen molar-refractivity contribution in [2.75, 3.05) is 18.1 Å². The van der Waals surface area contributed by atoms with Gasteiger partial charge in [-0.1, -0.05) is 35.4 Å². The Balaban J connectivity index is 2.13. The Labute approximate surface area is 173 Å². The van der Waals surface area contributed by atoms with E-state index in [2.05, 4.69) is 45.1 Å². The lowest BCUT2D eigenvalue weighted by molar-refractivity contribution is 0.0526. The van der Waals surface area contributed by atoms with E-state index in [-0.39, 0.29) is 10.0 Å². The van der Waals surface area contributed by atoms with Crippen LogP contribution in [0.2, 0.25) is 0 Å². The molecule has 0 saturated carbocycles. The van der Waals surface area contributed by atoms with Crippen molar-refractivity contribution in [2.45, 2.75) is 57.5 Å². The maximum Gasteiger partial charge on any atom is 0.338 e. The normalized spacial score (nSPS) is 16.7. The first-order valence-corrected chi connectivity index (χ1v) is 11.8. The van der Waals surface area contributed by atoms with Gasteiger partial charge in [-0.3, -0.25) is 0 Å². The number of hydrogen-bond donors (Lipinski definition) is 0. The topological polar surface area (TPSA) is 26.3 Å². The second-order valence-electron chi connectivity index (χ2n) is 7.18. The number of ether oxygens (including phenoxy) is 1. The molecule has 0 radical (unpaired) electrons. The molecule has 1 aromatic rings. The van der Waals surface area contributed by atoms with Crippen LogP contribution in [0.25, 0.3) is 0 Å². The standard InChI is InChI=1S/C23H32O2S2/c1-5-25-22(24)20-10-12-21(13-11-20)23(26-16-7-17-27-23)15-14-19(4)9-6-8-18(2)3/h8,10-14H,5-7,9,15-17H2,1-4H3/b19-14+. The molecule has 4 heteroatoms. The Morgan fingerprint density at radius 2 is 1.78 bits per heavy atom. The van der Waals surface area contributed by atoms with Crippen molar-refractivity contribution in [1.82, 2.24) is 0 Å². The first kappa shape index (κ1) is 22.2. The molecule has 1 aromatic carbocycles. The van der Waals surface area contributed by atoms with Gasteiger partial charge in [0, 0.05) is 0 Å². The van der Waals surface area contributed by atoms with E-state index in [9.17, 15) is 4.79 Å². The number of rotatable bonds is 8. The quantitative estimate of drug-likeness (QED) is 0.345. The summed E-state index contributed by atoms with van der Waals surface area (Å²) in [5.74, 6) is 2.14. The third-order valence-corrected chi connectivity index (χ3v) is 8.04. The van der Waals surface area contributed by atoms with Crippen molar-refractivity contribution in [3.05, 3.63) is 58.7 Å². The van der Waals surface area contributed by atoms with Gasteiger partial charge >= 0.3 is 5.97 Å². The number of hydrogen-bond acceptors (Lipinski definition) is 4. The monoisotopic (exact) mass is 404 g/mol. The third-order valence-electron chi connectivity index (χ3n) is 4.61. The molecule has 0 spiro atoms. The molecule has 27 heavy (non-hydrogen) atoms. The van der Waals surface area contributed by atoms with Crippen molar-refractivity contribution in [3.8, 4) is 0 Å². The van der Waals surface area contributed by atoms with E-state index < -0.39 is 0 Å². The summed E-state index contributed by atoms with van der Waals surface area (Å²) in [5, 5.41) is 0. The van der Waals surface area contributed by atoms with Crippen LogP contribution >= 0.6 is 23.5 Å². The Hall–Kier alpha value is -1.13. The first-order valence-electron chi connectivity index (χ1n) is 9.81. The highest BCUT2D eigenvalue weighted by Gasteiger charge is 2.34. The molecule has 0 bridgehead atoms. The zero-order chi connectivity index (χ0) is 19.7. The van der Waals surface area contributed by atoms with Gasteiger partial charge < -0.3 is 4.74 Å². The predicted octanol–water partition coefficient (Wildman–Crippen LogP) is 6.97. The second kappa shape index (κ2) is 11.0. The molecule has 0 amide bonds. The van der Waals surface area contributed by atoms with Gasteiger partial charge in [-0.05, 0) is 82.6 Å². The highest BCUT2D eigenvalue weighted by molar-refractivity contribution is 8.18. The number of esters is 1. The van der Waals surface area contributed by atoms with Gasteiger partial charge in [-0.2, -0.15) is 0 Å². The Bertz CT molecular complexity index is 664. The van der Waals surface area contributed by atoms with Crippen LogP contribution in [0.4, 0.5) is 0 Å². The number of carbonyl (C=O) groups excluding carboxylic acids is 1. The molecule has 1 saturated heterocycles. The van der Waals surface area contributed by atoms with Gasteiger partial charge in [0.25, 0.3) is 0 Å². The lowest BCUT2D eigenvalue weighted by Gasteiger charge is -2.36. The maximum atomic E-state index is 11.9. The molecular weight excluding hydrogens is 372 g/mol. The minimum absolute atomic E-state index is 0.0587. The zero-order valence-corrected chi connectivity index (χ0v) is 18.7. The average molecular weight is 405 g/mol. The van der Waals surface area contributed by atoms with Crippen molar-refractivity contribution in [3.63, 3.8) is 0 Å². The molecule has 1 fully saturated rings. The summed E-state index contributed by atoms with van der Waals surface area (Å²) in [4.78, 5) is 11.9. The largest absolute Gasteiger partial charge is 0.462 e. The number of benzene rings is 1. The summed E-state index contributed by atoms with van der Waals surface area (Å²) in [7, 11) is 0. The van der Waals surface area contributed by atoms with E-state index in [0.29, 0.717) is 12.2 Å². The van der Waals surface area contributed by atoms with E-state index in [1.165, 1.54) is 34.6 Å². The molecule has 0 unspecified atom stereocenters. The van der Waals surface area contributed by atoms with Crippen molar-refractivity contribution in [1.29, 1.82) is 0 Å². The molecule has 2 rings (SSSR count). The smallest absolute Gasteiger partial charge is 0.338 e. The molecule has 0 aromatic heterocycles. The molecule has 1 aliphatic heterocycles. The predicted molar refractivity (Wildman–Crippen MR) is 121 cm³/mol. The second-order valence-corrected chi connectivity index (χ2v) is 10.2. The average Bonchev–Trinajstić information content (AvgIpc) is 2.67. The van der Waals surface area contributed by atoms with Crippen LogP contribution in [0, 0.1) is 0 Å². The van der Waals surface area contributed by atoms with Crippen LogP contribution in [-0.4, -0.2) is 24.1 Å². The van der Waals surface area contributed by atoms with Gasteiger partial charge in [-0.15, -0.1) is 23.5 Å². The fourth-order valence-corrected chi connectivity index (χ4v) is 6.31. The van der Waals surface area contributed by atoms with Crippen LogP contribution in [-0.2, 0) is 8.82 Å². The van der Waals surface area contributed by atoms with Crippen LogP contribution < -0.4 is 0 Å².